The summed E-state index contributed by atoms with van der Waals surface area (Å²) in [6.45, 7) is 7.11. The number of carbonyl (C=O) groups is 2. The van der Waals surface area contributed by atoms with Gasteiger partial charge in [0.1, 0.15) is 17.0 Å². The van der Waals surface area contributed by atoms with Gasteiger partial charge in [-0.1, -0.05) is 48.8 Å². The van der Waals surface area contributed by atoms with E-state index in [0.29, 0.717) is 22.0 Å². The van der Waals surface area contributed by atoms with Crippen LogP contribution in [0, 0.1) is 12.8 Å². The second-order valence-electron chi connectivity index (χ2n) is 6.12. The van der Waals surface area contributed by atoms with Crippen LogP contribution in [0.25, 0.3) is 11.3 Å². The van der Waals surface area contributed by atoms with Gasteiger partial charge >= 0.3 is 5.97 Å². The monoisotopic (exact) mass is 364 g/mol. The van der Waals surface area contributed by atoms with Crippen molar-refractivity contribution in [2.75, 3.05) is 6.61 Å². The zero-order valence-corrected chi connectivity index (χ0v) is 15.4. The molecule has 0 saturated heterocycles. The number of aryl methyl sites for hydroxylation is 1. The van der Waals surface area contributed by atoms with Gasteiger partial charge in [0.2, 0.25) is 0 Å². The summed E-state index contributed by atoms with van der Waals surface area (Å²) < 4.78 is 10.2. The first-order chi connectivity index (χ1) is 11.8. The number of nitrogens with zero attached hydrogens (tertiary/aromatic N) is 1. The van der Waals surface area contributed by atoms with Crippen molar-refractivity contribution >= 4 is 23.5 Å². The third-order valence-electron chi connectivity index (χ3n) is 3.92. The summed E-state index contributed by atoms with van der Waals surface area (Å²) in [5.41, 5.74) is 1.02. The Hall–Kier alpha value is -2.34. The van der Waals surface area contributed by atoms with E-state index in [1.54, 1.807) is 31.2 Å². The van der Waals surface area contributed by atoms with Crippen LogP contribution < -0.4 is 5.32 Å². The molecule has 1 amide bonds. The largest absolute Gasteiger partial charge is 0.452 e. The molecule has 0 unspecified atom stereocenters. The van der Waals surface area contributed by atoms with Crippen molar-refractivity contribution in [3.05, 3.63) is 40.6 Å². The Bertz CT molecular complexity index is 770. The Morgan fingerprint density at radius 1 is 1.28 bits per heavy atom. The van der Waals surface area contributed by atoms with Gasteiger partial charge in [0.05, 0.1) is 5.02 Å². The Balaban J connectivity index is 2.12. The zero-order valence-electron chi connectivity index (χ0n) is 14.6. The van der Waals surface area contributed by atoms with E-state index >= 15 is 0 Å². The highest BCUT2D eigenvalue weighted by atomic mass is 35.5. The molecule has 25 heavy (non-hydrogen) atoms. The molecule has 0 bridgehead atoms. The number of hydrogen-bond donors (Lipinski definition) is 1. The molecule has 0 aliphatic heterocycles. The van der Waals surface area contributed by atoms with E-state index in [4.69, 9.17) is 20.9 Å². The Kier molecular flexibility index (Phi) is 6.20. The number of aromatic nitrogens is 1. The summed E-state index contributed by atoms with van der Waals surface area (Å²) >= 11 is 6.16. The van der Waals surface area contributed by atoms with Crippen LogP contribution in [0.4, 0.5) is 0 Å². The van der Waals surface area contributed by atoms with Gasteiger partial charge < -0.3 is 14.6 Å². The first-order valence-electron chi connectivity index (χ1n) is 7.99. The number of nitrogens with one attached hydrogen (secondary N) is 1. The fourth-order valence-corrected chi connectivity index (χ4v) is 2.34. The molecule has 0 aliphatic rings. The van der Waals surface area contributed by atoms with E-state index in [1.807, 2.05) is 20.8 Å². The minimum atomic E-state index is -0.680. The van der Waals surface area contributed by atoms with E-state index in [9.17, 15) is 9.59 Å². The van der Waals surface area contributed by atoms with Crippen LogP contribution in [0.15, 0.2) is 28.8 Å². The van der Waals surface area contributed by atoms with Gasteiger partial charge in [-0.2, -0.15) is 0 Å². The van der Waals surface area contributed by atoms with Gasteiger partial charge in [0, 0.05) is 11.6 Å². The summed E-state index contributed by atoms with van der Waals surface area (Å²) in [5.74, 6) is -0.452. The molecule has 0 radical (unpaired) electrons. The smallest absolute Gasteiger partial charge is 0.344 e. The van der Waals surface area contributed by atoms with Gasteiger partial charge in [-0.25, -0.2) is 4.79 Å². The van der Waals surface area contributed by atoms with E-state index in [1.165, 1.54) is 0 Å². The van der Waals surface area contributed by atoms with Crippen molar-refractivity contribution in [2.45, 2.75) is 33.7 Å². The highest BCUT2D eigenvalue weighted by Gasteiger charge is 2.25. The molecule has 1 N–H and O–H groups in total. The number of hydrogen-bond acceptors (Lipinski definition) is 5. The zero-order chi connectivity index (χ0) is 18.6. The number of benzene rings is 1. The van der Waals surface area contributed by atoms with E-state index in [-0.39, 0.29) is 30.0 Å². The minimum absolute atomic E-state index is 0.0118. The van der Waals surface area contributed by atoms with Crippen LogP contribution in [-0.4, -0.2) is 29.7 Å². The van der Waals surface area contributed by atoms with Gasteiger partial charge in [0.15, 0.2) is 6.61 Å². The van der Waals surface area contributed by atoms with E-state index in [0.717, 1.165) is 0 Å². The number of esters is 1. The molecule has 6 nitrogen and oxygen atoms in total. The molecular formula is C18H21ClN2O4. The highest BCUT2D eigenvalue weighted by Crippen LogP contribution is 2.31. The lowest BCUT2D eigenvalue weighted by Gasteiger charge is -2.17. The standard InChI is InChI=1S/C18H21ClN2O4/c1-10(2)11(3)20-15(22)9-24-18(23)16-12(4)25-21-17(16)13-7-5-6-8-14(13)19/h5-8,10-11H,9H2,1-4H3,(H,20,22)/t11-/m0/s1. The molecule has 0 fully saturated rings. The third-order valence-corrected chi connectivity index (χ3v) is 4.25. The topological polar surface area (TPSA) is 81.4 Å². The predicted octanol–water partition coefficient (Wildman–Crippen LogP) is 3.62. The normalized spacial score (nSPS) is 12.1. The van der Waals surface area contributed by atoms with Crippen LogP contribution in [0.2, 0.25) is 5.02 Å². The molecule has 0 spiro atoms. The molecule has 0 aliphatic carbocycles. The number of amides is 1. The molecule has 0 saturated carbocycles. The second kappa shape index (κ2) is 8.16. The summed E-state index contributed by atoms with van der Waals surface area (Å²) in [5, 5.41) is 7.12. The maximum absolute atomic E-state index is 12.4. The maximum atomic E-state index is 12.4. The Morgan fingerprint density at radius 3 is 2.60 bits per heavy atom. The van der Waals surface area contributed by atoms with Crippen LogP contribution in [-0.2, 0) is 9.53 Å². The molecule has 2 aromatic rings. The lowest BCUT2D eigenvalue weighted by Crippen LogP contribution is -2.38. The van der Waals surface area contributed by atoms with Crippen LogP contribution >= 0.6 is 11.6 Å². The molecule has 7 heteroatoms. The number of carbonyl (C=O) groups excluding carboxylic acids is 2. The van der Waals surface area contributed by atoms with Crippen molar-refractivity contribution in [2.24, 2.45) is 5.92 Å². The summed E-state index contributed by atoms with van der Waals surface area (Å²) in [4.78, 5) is 24.3. The average Bonchev–Trinajstić information content (AvgIpc) is 2.94. The quantitative estimate of drug-likeness (QED) is 0.791. The fraction of sp³-hybridized carbons (Fsp3) is 0.389. The Morgan fingerprint density at radius 2 is 1.96 bits per heavy atom. The van der Waals surface area contributed by atoms with Crippen LogP contribution in [0.5, 0.6) is 0 Å². The van der Waals surface area contributed by atoms with Gasteiger partial charge in [0.25, 0.3) is 5.91 Å². The third kappa shape index (κ3) is 4.60. The average molecular weight is 365 g/mol. The molecule has 1 aromatic heterocycles. The molecule has 1 atom stereocenters. The Labute approximate surface area is 151 Å². The minimum Gasteiger partial charge on any atom is -0.452 e. The molecule has 1 aromatic carbocycles. The summed E-state index contributed by atoms with van der Waals surface area (Å²) in [6.07, 6.45) is 0. The van der Waals surface area contributed by atoms with E-state index < -0.39 is 5.97 Å². The first kappa shape index (κ1) is 19.0. The molecular weight excluding hydrogens is 344 g/mol. The fourth-order valence-electron chi connectivity index (χ4n) is 2.12. The first-order valence-corrected chi connectivity index (χ1v) is 8.36. The molecule has 2 rings (SSSR count). The van der Waals surface area contributed by atoms with Crippen molar-refractivity contribution in [3.63, 3.8) is 0 Å². The van der Waals surface area contributed by atoms with Crippen molar-refractivity contribution < 1.29 is 18.8 Å². The number of ether oxygens (including phenoxy) is 1. The SMILES string of the molecule is Cc1onc(-c2ccccc2Cl)c1C(=O)OCC(=O)N[C@@H](C)C(C)C. The number of halogens is 1. The van der Waals surface area contributed by atoms with Gasteiger partial charge in [-0.3, -0.25) is 4.79 Å². The maximum Gasteiger partial charge on any atom is 0.344 e. The lowest BCUT2D eigenvalue weighted by atomic mass is 10.1. The summed E-state index contributed by atoms with van der Waals surface area (Å²) in [7, 11) is 0. The van der Waals surface area contributed by atoms with E-state index in [2.05, 4.69) is 10.5 Å². The van der Waals surface area contributed by atoms with Gasteiger partial charge in [-0.05, 0) is 25.8 Å². The van der Waals surface area contributed by atoms with Crippen molar-refractivity contribution in [3.8, 4) is 11.3 Å². The molecule has 1 heterocycles. The molecule has 134 valence electrons. The predicted molar refractivity (Wildman–Crippen MR) is 94.4 cm³/mol. The van der Waals surface area contributed by atoms with Crippen molar-refractivity contribution in [1.82, 2.24) is 10.5 Å². The summed E-state index contributed by atoms with van der Waals surface area (Å²) in [6, 6.07) is 6.96. The van der Waals surface area contributed by atoms with Crippen LogP contribution in [0.1, 0.15) is 36.9 Å². The number of rotatable bonds is 6. The lowest BCUT2D eigenvalue weighted by molar-refractivity contribution is -0.125. The van der Waals surface area contributed by atoms with Gasteiger partial charge in [-0.15, -0.1) is 0 Å². The van der Waals surface area contributed by atoms with Crippen molar-refractivity contribution in [1.29, 1.82) is 0 Å². The highest BCUT2D eigenvalue weighted by molar-refractivity contribution is 6.33. The second-order valence-corrected chi connectivity index (χ2v) is 6.53. The van der Waals surface area contributed by atoms with Crippen LogP contribution in [0.3, 0.4) is 0 Å².